The molecule has 0 bridgehead atoms. The Kier molecular flexibility index (Phi) is 5.67. The SMILES string of the molecule is CCOC(=O)c1nnn(CCS(C)(=O)=O)c1CC(C)C. The Balaban J connectivity index is 3.02. The van der Waals surface area contributed by atoms with E-state index in [1.54, 1.807) is 6.92 Å². The van der Waals surface area contributed by atoms with Crippen LogP contribution in [0.15, 0.2) is 0 Å². The van der Waals surface area contributed by atoms with Crippen LogP contribution in [0.25, 0.3) is 0 Å². The summed E-state index contributed by atoms with van der Waals surface area (Å²) in [4.78, 5) is 11.8. The summed E-state index contributed by atoms with van der Waals surface area (Å²) >= 11 is 0. The molecule has 0 amide bonds. The van der Waals surface area contributed by atoms with Crippen LogP contribution in [-0.4, -0.2) is 48.0 Å². The molecule has 0 saturated heterocycles. The Morgan fingerprint density at radius 1 is 1.40 bits per heavy atom. The monoisotopic (exact) mass is 303 g/mol. The minimum absolute atomic E-state index is 0.0380. The lowest BCUT2D eigenvalue weighted by Crippen LogP contribution is -2.17. The van der Waals surface area contributed by atoms with E-state index in [9.17, 15) is 13.2 Å². The standard InChI is InChI=1S/C12H21N3O4S/c1-5-19-12(16)11-10(8-9(2)3)15(14-13-11)6-7-20(4,17)18/h9H,5-8H2,1-4H3. The van der Waals surface area contributed by atoms with Crippen LogP contribution in [0.3, 0.4) is 0 Å². The molecular weight excluding hydrogens is 282 g/mol. The van der Waals surface area contributed by atoms with Gasteiger partial charge in [-0.15, -0.1) is 5.10 Å². The first-order chi connectivity index (χ1) is 9.24. The van der Waals surface area contributed by atoms with E-state index < -0.39 is 15.8 Å². The highest BCUT2D eigenvalue weighted by Gasteiger charge is 2.21. The molecule has 8 heteroatoms. The molecule has 0 spiro atoms. The van der Waals surface area contributed by atoms with Crippen molar-refractivity contribution in [1.82, 2.24) is 15.0 Å². The fraction of sp³-hybridized carbons (Fsp3) is 0.750. The van der Waals surface area contributed by atoms with Gasteiger partial charge in [-0.05, 0) is 19.3 Å². The van der Waals surface area contributed by atoms with Gasteiger partial charge in [0.25, 0.3) is 0 Å². The van der Waals surface area contributed by atoms with Gasteiger partial charge < -0.3 is 4.74 Å². The summed E-state index contributed by atoms with van der Waals surface area (Å²) in [5, 5.41) is 7.71. The fourth-order valence-corrected chi connectivity index (χ4v) is 2.22. The maximum atomic E-state index is 11.8. The molecule has 0 N–H and O–H groups in total. The van der Waals surface area contributed by atoms with Crippen LogP contribution in [0.4, 0.5) is 0 Å². The average Bonchev–Trinajstić information content (AvgIpc) is 2.68. The molecule has 7 nitrogen and oxygen atoms in total. The summed E-state index contributed by atoms with van der Waals surface area (Å²) < 4.78 is 28.9. The minimum atomic E-state index is -3.09. The molecule has 0 aliphatic carbocycles. The molecule has 0 aromatic carbocycles. The molecule has 1 aromatic heterocycles. The van der Waals surface area contributed by atoms with Crippen molar-refractivity contribution in [2.75, 3.05) is 18.6 Å². The summed E-state index contributed by atoms with van der Waals surface area (Å²) in [6.07, 6.45) is 1.75. The quantitative estimate of drug-likeness (QED) is 0.689. The molecule has 1 aromatic rings. The van der Waals surface area contributed by atoms with Crippen molar-refractivity contribution in [3.05, 3.63) is 11.4 Å². The normalized spacial score (nSPS) is 11.8. The average molecular weight is 303 g/mol. The van der Waals surface area contributed by atoms with Crippen molar-refractivity contribution < 1.29 is 17.9 Å². The first-order valence-corrected chi connectivity index (χ1v) is 8.57. The van der Waals surface area contributed by atoms with E-state index in [1.165, 1.54) is 4.68 Å². The predicted molar refractivity (Wildman–Crippen MR) is 74.2 cm³/mol. The van der Waals surface area contributed by atoms with Crippen LogP contribution in [-0.2, 0) is 27.5 Å². The molecule has 0 aliphatic rings. The van der Waals surface area contributed by atoms with Crippen molar-refractivity contribution in [1.29, 1.82) is 0 Å². The third-order valence-corrected chi connectivity index (χ3v) is 3.51. The van der Waals surface area contributed by atoms with Gasteiger partial charge >= 0.3 is 5.97 Å². The smallest absolute Gasteiger partial charge is 0.360 e. The largest absolute Gasteiger partial charge is 0.461 e. The van der Waals surface area contributed by atoms with E-state index >= 15 is 0 Å². The van der Waals surface area contributed by atoms with Gasteiger partial charge in [0.15, 0.2) is 5.69 Å². The molecule has 0 radical (unpaired) electrons. The summed E-state index contributed by atoms with van der Waals surface area (Å²) in [6, 6.07) is 0. The van der Waals surface area contributed by atoms with E-state index in [2.05, 4.69) is 10.3 Å². The molecule has 0 saturated carbocycles. The Hall–Kier alpha value is -1.44. The summed E-state index contributed by atoms with van der Waals surface area (Å²) in [5.41, 5.74) is 0.802. The fourth-order valence-electron chi connectivity index (χ4n) is 1.71. The Morgan fingerprint density at radius 3 is 2.55 bits per heavy atom. The lowest BCUT2D eigenvalue weighted by Gasteiger charge is -2.09. The van der Waals surface area contributed by atoms with E-state index in [0.717, 1.165) is 6.26 Å². The van der Waals surface area contributed by atoms with Crippen LogP contribution >= 0.6 is 0 Å². The molecule has 20 heavy (non-hydrogen) atoms. The molecule has 114 valence electrons. The van der Waals surface area contributed by atoms with Crippen molar-refractivity contribution in [3.8, 4) is 0 Å². The van der Waals surface area contributed by atoms with Crippen LogP contribution in [0, 0.1) is 5.92 Å². The molecule has 0 aliphatic heterocycles. The maximum absolute atomic E-state index is 11.8. The van der Waals surface area contributed by atoms with Gasteiger partial charge in [0.1, 0.15) is 9.84 Å². The minimum Gasteiger partial charge on any atom is -0.461 e. The molecule has 1 heterocycles. The van der Waals surface area contributed by atoms with Gasteiger partial charge in [-0.2, -0.15) is 0 Å². The highest BCUT2D eigenvalue weighted by atomic mass is 32.2. The lowest BCUT2D eigenvalue weighted by molar-refractivity contribution is 0.0517. The zero-order chi connectivity index (χ0) is 15.3. The lowest BCUT2D eigenvalue weighted by atomic mass is 10.1. The third kappa shape index (κ3) is 4.92. The Bertz CT molecular complexity index is 563. The van der Waals surface area contributed by atoms with Gasteiger partial charge in [0, 0.05) is 6.26 Å². The summed E-state index contributed by atoms with van der Waals surface area (Å²) in [7, 11) is -3.09. The van der Waals surface area contributed by atoms with Gasteiger partial charge in [-0.3, -0.25) is 0 Å². The number of ether oxygens (including phenoxy) is 1. The van der Waals surface area contributed by atoms with E-state index in [-0.39, 0.29) is 24.6 Å². The van der Waals surface area contributed by atoms with Crippen LogP contribution < -0.4 is 0 Å². The van der Waals surface area contributed by atoms with Crippen LogP contribution in [0.5, 0.6) is 0 Å². The highest BCUT2D eigenvalue weighted by molar-refractivity contribution is 7.90. The molecule has 0 fully saturated rings. The summed E-state index contributed by atoms with van der Waals surface area (Å²) in [5.74, 6) is -0.267. The Labute approximate surface area is 119 Å². The zero-order valence-electron chi connectivity index (χ0n) is 12.3. The van der Waals surface area contributed by atoms with Gasteiger partial charge in [-0.1, -0.05) is 19.1 Å². The first-order valence-electron chi connectivity index (χ1n) is 6.51. The topological polar surface area (TPSA) is 91.2 Å². The van der Waals surface area contributed by atoms with Crippen molar-refractivity contribution in [2.24, 2.45) is 5.92 Å². The maximum Gasteiger partial charge on any atom is 0.360 e. The summed E-state index contributed by atoms with van der Waals surface area (Å²) in [6.45, 7) is 6.17. The zero-order valence-corrected chi connectivity index (χ0v) is 13.1. The van der Waals surface area contributed by atoms with Crippen LogP contribution in [0.1, 0.15) is 37.0 Å². The number of carbonyl (C=O) groups excluding carboxylic acids is 1. The van der Waals surface area contributed by atoms with Gasteiger partial charge in [0.05, 0.1) is 24.6 Å². The number of nitrogens with zero attached hydrogens (tertiary/aromatic N) is 3. The number of carbonyl (C=O) groups is 1. The number of aryl methyl sites for hydroxylation is 1. The third-order valence-electron chi connectivity index (χ3n) is 2.58. The van der Waals surface area contributed by atoms with Crippen molar-refractivity contribution in [3.63, 3.8) is 0 Å². The number of aromatic nitrogens is 3. The molecule has 0 unspecified atom stereocenters. The van der Waals surface area contributed by atoms with E-state index in [4.69, 9.17) is 4.74 Å². The van der Waals surface area contributed by atoms with E-state index in [1.807, 2.05) is 13.8 Å². The number of rotatable bonds is 7. The predicted octanol–water partition coefficient (Wildman–Crippen LogP) is 0.698. The van der Waals surface area contributed by atoms with Crippen molar-refractivity contribution in [2.45, 2.75) is 33.7 Å². The van der Waals surface area contributed by atoms with Gasteiger partial charge in [0.2, 0.25) is 0 Å². The first kappa shape index (κ1) is 16.6. The van der Waals surface area contributed by atoms with E-state index in [0.29, 0.717) is 18.0 Å². The second kappa shape index (κ2) is 6.83. The van der Waals surface area contributed by atoms with Crippen LogP contribution in [0.2, 0.25) is 0 Å². The molecule has 1 rings (SSSR count). The molecular formula is C12H21N3O4S. The highest BCUT2D eigenvalue weighted by Crippen LogP contribution is 2.13. The number of hydrogen-bond acceptors (Lipinski definition) is 6. The number of esters is 1. The number of hydrogen-bond donors (Lipinski definition) is 0. The second-order valence-electron chi connectivity index (χ2n) is 5.06. The van der Waals surface area contributed by atoms with Crippen molar-refractivity contribution >= 4 is 15.8 Å². The second-order valence-corrected chi connectivity index (χ2v) is 7.32. The molecule has 0 atom stereocenters. The Morgan fingerprint density at radius 2 is 2.05 bits per heavy atom. The number of sulfone groups is 1. The van der Waals surface area contributed by atoms with Gasteiger partial charge in [-0.25, -0.2) is 17.9 Å².